The van der Waals surface area contributed by atoms with E-state index in [9.17, 15) is 14.9 Å². The van der Waals surface area contributed by atoms with Crippen molar-refractivity contribution in [1.29, 1.82) is 0 Å². The van der Waals surface area contributed by atoms with Crippen LogP contribution in [-0.4, -0.2) is 28.0 Å². The lowest BCUT2D eigenvalue weighted by Crippen LogP contribution is -2.47. The highest BCUT2D eigenvalue weighted by Crippen LogP contribution is 2.25. The van der Waals surface area contributed by atoms with Gasteiger partial charge in [-0.3, -0.25) is 10.1 Å². The first-order valence-corrected chi connectivity index (χ1v) is 10.7. The molecule has 0 saturated carbocycles. The number of ether oxygens (including phenoxy) is 1. The van der Waals surface area contributed by atoms with E-state index >= 15 is 0 Å². The summed E-state index contributed by atoms with van der Waals surface area (Å²) in [5, 5.41) is 11.2. The third-order valence-corrected chi connectivity index (χ3v) is 5.02. The molecule has 0 bridgehead atoms. The Bertz CT molecular complexity index is 578. The molecular formula is C22H36N2O4. The summed E-state index contributed by atoms with van der Waals surface area (Å²) < 4.78 is 5.61. The van der Waals surface area contributed by atoms with Gasteiger partial charge in [-0.05, 0) is 31.7 Å². The number of para-hydroxylation sites is 1. The molecule has 0 aromatic heterocycles. The van der Waals surface area contributed by atoms with E-state index in [0.29, 0.717) is 5.56 Å². The van der Waals surface area contributed by atoms with E-state index in [2.05, 4.69) is 27.7 Å². The molecule has 0 aliphatic rings. The number of rotatable bonds is 13. The second-order valence-electron chi connectivity index (χ2n) is 7.31. The minimum atomic E-state index is -0.436. The Kier molecular flexibility index (Phi) is 11.2. The van der Waals surface area contributed by atoms with Crippen LogP contribution < -0.4 is 0 Å². The Morgan fingerprint density at radius 2 is 1.43 bits per heavy atom. The van der Waals surface area contributed by atoms with Crippen LogP contribution in [0, 0.1) is 10.1 Å². The molecule has 0 N–H and O–H groups in total. The predicted molar refractivity (Wildman–Crippen MR) is 112 cm³/mol. The average Bonchev–Trinajstić information content (AvgIpc) is 2.67. The number of nitro groups is 1. The Morgan fingerprint density at radius 3 is 1.86 bits per heavy atom. The molecule has 0 aliphatic carbocycles. The van der Waals surface area contributed by atoms with Gasteiger partial charge in [-0.1, -0.05) is 65.5 Å². The predicted octanol–water partition coefficient (Wildman–Crippen LogP) is 6.47. The fourth-order valence-electron chi connectivity index (χ4n) is 3.80. The fraction of sp³-hybridized carbons (Fsp3) is 0.682. The van der Waals surface area contributed by atoms with Gasteiger partial charge in [0, 0.05) is 18.2 Å². The van der Waals surface area contributed by atoms with E-state index in [1.165, 1.54) is 6.07 Å². The highest BCUT2D eigenvalue weighted by Gasteiger charge is 2.30. The number of carbonyl (C=O) groups excluding carboxylic acids is 1. The van der Waals surface area contributed by atoms with Gasteiger partial charge in [0.05, 0.1) is 10.5 Å². The zero-order valence-electron chi connectivity index (χ0n) is 17.9. The van der Waals surface area contributed by atoms with Crippen molar-refractivity contribution in [2.24, 2.45) is 0 Å². The molecule has 6 heteroatoms. The van der Waals surface area contributed by atoms with Gasteiger partial charge in [0.2, 0.25) is 0 Å². The highest BCUT2D eigenvalue weighted by molar-refractivity contribution is 5.68. The Morgan fingerprint density at radius 1 is 0.964 bits per heavy atom. The second kappa shape index (κ2) is 13.1. The average molecular weight is 393 g/mol. The first-order valence-electron chi connectivity index (χ1n) is 10.7. The van der Waals surface area contributed by atoms with Gasteiger partial charge in [0.25, 0.3) is 5.69 Å². The number of nitrogens with zero attached hydrogens (tertiary/aromatic N) is 2. The van der Waals surface area contributed by atoms with Crippen molar-refractivity contribution in [3.05, 3.63) is 39.9 Å². The summed E-state index contributed by atoms with van der Waals surface area (Å²) in [4.78, 5) is 25.8. The van der Waals surface area contributed by atoms with Crippen molar-refractivity contribution in [3.8, 4) is 0 Å². The van der Waals surface area contributed by atoms with Crippen molar-refractivity contribution < 1.29 is 14.5 Å². The maximum atomic E-state index is 13.1. The van der Waals surface area contributed by atoms with Crippen LogP contribution in [-0.2, 0) is 11.3 Å². The van der Waals surface area contributed by atoms with E-state index in [4.69, 9.17) is 4.74 Å². The summed E-state index contributed by atoms with van der Waals surface area (Å²) in [6.07, 6.45) is 7.44. The van der Waals surface area contributed by atoms with Crippen molar-refractivity contribution in [3.63, 3.8) is 0 Å². The molecule has 0 unspecified atom stereocenters. The van der Waals surface area contributed by atoms with Gasteiger partial charge in [-0.15, -0.1) is 0 Å². The summed E-state index contributed by atoms with van der Waals surface area (Å²) in [6.45, 7) is 8.45. The fourth-order valence-corrected chi connectivity index (χ4v) is 3.80. The Balaban J connectivity index is 3.04. The minimum absolute atomic E-state index is 0.0146. The molecule has 1 amide bonds. The molecule has 0 spiro atoms. The molecule has 1 aromatic rings. The number of carbonyl (C=O) groups is 1. The standard InChI is InChI=1S/C22H36N2O4/c1-5-11-19(12-6-2)23(20(13-7-3)14-8-4)22(25)28-17-18-15-9-10-16-21(18)24(26)27/h9-10,15-16,19-20H,5-8,11-14,17H2,1-4H3. The van der Waals surface area contributed by atoms with E-state index in [1.54, 1.807) is 18.2 Å². The first kappa shape index (κ1) is 23.9. The van der Waals surface area contributed by atoms with Crippen LogP contribution in [0.25, 0.3) is 0 Å². The minimum Gasteiger partial charge on any atom is -0.444 e. The molecule has 0 aliphatic heterocycles. The quantitative estimate of drug-likeness (QED) is 0.285. The zero-order valence-corrected chi connectivity index (χ0v) is 17.9. The van der Waals surface area contributed by atoms with Crippen LogP contribution in [0.4, 0.5) is 10.5 Å². The molecule has 28 heavy (non-hydrogen) atoms. The summed E-state index contributed by atoms with van der Waals surface area (Å²) >= 11 is 0. The number of hydrogen-bond donors (Lipinski definition) is 0. The van der Waals surface area contributed by atoms with Gasteiger partial charge in [0.1, 0.15) is 6.61 Å². The maximum Gasteiger partial charge on any atom is 0.410 e. The molecule has 0 fully saturated rings. The molecule has 0 radical (unpaired) electrons. The van der Waals surface area contributed by atoms with E-state index < -0.39 is 4.92 Å². The van der Waals surface area contributed by atoms with Gasteiger partial charge in [0.15, 0.2) is 0 Å². The van der Waals surface area contributed by atoms with Gasteiger partial charge in [-0.2, -0.15) is 0 Å². The number of benzene rings is 1. The van der Waals surface area contributed by atoms with Gasteiger partial charge < -0.3 is 9.64 Å². The van der Waals surface area contributed by atoms with Gasteiger partial charge >= 0.3 is 6.09 Å². The molecule has 1 rings (SSSR count). The smallest absolute Gasteiger partial charge is 0.410 e. The molecule has 0 heterocycles. The Hall–Kier alpha value is -2.11. The van der Waals surface area contributed by atoms with Crippen molar-refractivity contribution in [2.75, 3.05) is 0 Å². The second-order valence-corrected chi connectivity index (χ2v) is 7.31. The van der Waals surface area contributed by atoms with Crippen molar-refractivity contribution >= 4 is 11.8 Å². The number of hydrogen-bond acceptors (Lipinski definition) is 4. The van der Waals surface area contributed by atoms with E-state index in [0.717, 1.165) is 51.4 Å². The molecule has 158 valence electrons. The zero-order chi connectivity index (χ0) is 20.9. The van der Waals surface area contributed by atoms with Crippen molar-refractivity contribution in [1.82, 2.24) is 4.90 Å². The van der Waals surface area contributed by atoms with E-state index in [-0.39, 0.29) is 30.5 Å². The summed E-state index contributed by atoms with van der Waals surface area (Å²) in [5.41, 5.74) is 0.407. The lowest BCUT2D eigenvalue weighted by Gasteiger charge is -2.37. The third kappa shape index (κ3) is 7.13. The molecule has 6 nitrogen and oxygen atoms in total. The monoisotopic (exact) mass is 392 g/mol. The summed E-state index contributed by atoms with van der Waals surface area (Å²) in [6, 6.07) is 6.72. The number of amides is 1. The molecule has 0 atom stereocenters. The van der Waals surface area contributed by atoms with Crippen LogP contribution >= 0.6 is 0 Å². The highest BCUT2D eigenvalue weighted by atomic mass is 16.6. The molecular weight excluding hydrogens is 356 g/mol. The normalized spacial score (nSPS) is 11.1. The largest absolute Gasteiger partial charge is 0.444 e. The Labute approximate surface area is 169 Å². The topological polar surface area (TPSA) is 72.7 Å². The van der Waals surface area contributed by atoms with Crippen molar-refractivity contribution in [2.45, 2.75) is 97.8 Å². The third-order valence-electron chi connectivity index (χ3n) is 5.02. The number of nitro benzene ring substituents is 1. The van der Waals surface area contributed by atoms with Crippen LogP contribution in [0.5, 0.6) is 0 Å². The molecule has 1 aromatic carbocycles. The van der Waals surface area contributed by atoms with Crippen LogP contribution in [0.2, 0.25) is 0 Å². The van der Waals surface area contributed by atoms with Crippen LogP contribution in [0.3, 0.4) is 0 Å². The summed E-state index contributed by atoms with van der Waals surface area (Å²) in [5.74, 6) is 0. The molecule has 0 saturated heterocycles. The first-order chi connectivity index (χ1) is 13.5. The van der Waals surface area contributed by atoms with Crippen LogP contribution in [0.15, 0.2) is 24.3 Å². The lowest BCUT2D eigenvalue weighted by molar-refractivity contribution is -0.385. The van der Waals surface area contributed by atoms with Gasteiger partial charge in [-0.25, -0.2) is 4.79 Å². The maximum absolute atomic E-state index is 13.1. The van der Waals surface area contributed by atoms with Crippen LogP contribution in [0.1, 0.15) is 84.6 Å². The summed E-state index contributed by atoms with van der Waals surface area (Å²) in [7, 11) is 0. The SMILES string of the molecule is CCCC(CCC)N(C(=O)OCc1ccccc1[N+](=O)[O-])C(CCC)CCC. The lowest BCUT2D eigenvalue weighted by atomic mass is 9.98. The van der Waals surface area contributed by atoms with E-state index in [1.807, 2.05) is 4.90 Å².